The molecule has 0 aromatic carbocycles. The topological polar surface area (TPSA) is 51.3 Å². The van der Waals surface area contributed by atoms with E-state index in [0.717, 1.165) is 22.6 Å². The minimum atomic E-state index is -0.0758. The summed E-state index contributed by atoms with van der Waals surface area (Å²) < 4.78 is 0. The summed E-state index contributed by atoms with van der Waals surface area (Å²) in [7, 11) is 0. The van der Waals surface area contributed by atoms with Gasteiger partial charge in [-0.3, -0.25) is 9.98 Å². The third-order valence-electron chi connectivity index (χ3n) is 1.60. The highest BCUT2D eigenvalue weighted by atomic mass is 32.1. The van der Waals surface area contributed by atoms with Gasteiger partial charge in [0.1, 0.15) is 5.50 Å². The molecule has 1 aromatic rings. The first-order valence-electron chi connectivity index (χ1n) is 3.63. The normalized spacial score (nSPS) is 21.8. The number of hydrogen-bond donors (Lipinski definition) is 2. The van der Waals surface area contributed by atoms with Crippen molar-refractivity contribution in [2.45, 2.75) is 5.50 Å². The predicted octanol–water partition coefficient (Wildman–Crippen LogP) is 0.394. The van der Waals surface area contributed by atoms with E-state index in [1.807, 2.05) is 17.5 Å². The molecule has 1 atom stereocenters. The largest absolute Gasteiger partial charge is 0.302 e. The molecule has 1 unspecified atom stereocenters. The van der Waals surface area contributed by atoms with Gasteiger partial charge in [-0.25, -0.2) is 0 Å². The number of rotatable bonds is 1. The van der Waals surface area contributed by atoms with E-state index < -0.39 is 0 Å². The molecule has 0 saturated heterocycles. The summed E-state index contributed by atoms with van der Waals surface area (Å²) in [5, 5.41) is 2.03. The number of pyridine rings is 1. The molecule has 0 saturated carbocycles. The van der Waals surface area contributed by atoms with Crippen LogP contribution < -0.4 is 5.73 Å². The van der Waals surface area contributed by atoms with Crippen LogP contribution in [-0.4, -0.2) is 21.6 Å². The zero-order valence-electron chi connectivity index (χ0n) is 6.38. The molecule has 2 rings (SSSR count). The van der Waals surface area contributed by atoms with Crippen LogP contribution in [-0.2, 0) is 0 Å². The maximum absolute atomic E-state index is 5.62. The lowest BCUT2D eigenvalue weighted by atomic mass is 10.2. The van der Waals surface area contributed by atoms with Crippen molar-refractivity contribution in [3.05, 3.63) is 30.1 Å². The third-order valence-corrected chi connectivity index (χ3v) is 2.41. The second-order valence-electron chi connectivity index (χ2n) is 2.44. The van der Waals surface area contributed by atoms with Crippen molar-refractivity contribution in [3.63, 3.8) is 0 Å². The lowest BCUT2D eigenvalue weighted by Crippen LogP contribution is -2.08. The van der Waals surface area contributed by atoms with Crippen LogP contribution in [0, 0.1) is 0 Å². The maximum atomic E-state index is 5.62. The number of aromatic nitrogens is 1. The Morgan fingerprint density at radius 1 is 1.33 bits per heavy atom. The van der Waals surface area contributed by atoms with Gasteiger partial charge in [0.05, 0.1) is 5.71 Å². The minimum Gasteiger partial charge on any atom is -0.302 e. The summed E-state index contributed by atoms with van der Waals surface area (Å²) in [6, 6.07) is 3.87. The van der Waals surface area contributed by atoms with Gasteiger partial charge in [-0.2, -0.15) is 11.4 Å². The summed E-state index contributed by atoms with van der Waals surface area (Å²) >= 11 is 1.07. The lowest BCUT2D eigenvalue weighted by Gasteiger charge is -1.96. The van der Waals surface area contributed by atoms with Crippen molar-refractivity contribution in [2.24, 2.45) is 10.7 Å². The molecule has 0 bridgehead atoms. The van der Waals surface area contributed by atoms with Crippen molar-refractivity contribution in [1.29, 1.82) is 0 Å². The molecular formula is C8H9N3S. The summed E-state index contributed by atoms with van der Waals surface area (Å²) in [5.74, 6) is 0. The number of aliphatic imine (C=N–C) groups is 1. The predicted molar refractivity (Wildman–Crippen MR) is 53.8 cm³/mol. The van der Waals surface area contributed by atoms with Crippen molar-refractivity contribution < 1.29 is 0 Å². The van der Waals surface area contributed by atoms with Gasteiger partial charge in [-0.1, -0.05) is 0 Å². The first-order chi connectivity index (χ1) is 5.86. The van der Waals surface area contributed by atoms with Crippen molar-refractivity contribution in [2.75, 3.05) is 0 Å². The van der Waals surface area contributed by atoms with Crippen molar-refractivity contribution in [1.82, 2.24) is 4.98 Å². The molecule has 2 N–H and O–H groups in total. The van der Waals surface area contributed by atoms with Gasteiger partial charge in [-0.05, 0) is 17.5 Å². The molecule has 0 amide bonds. The van der Waals surface area contributed by atoms with E-state index >= 15 is 0 Å². The van der Waals surface area contributed by atoms with Crippen molar-refractivity contribution in [3.8, 4) is 0 Å². The lowest BCUT2D eigenvalue weighted by molar-refractivity contribution is 1.00. The number of nitrogens with zero attached hydrogens (tertiary/aromatic N) is 2. The van der Waals surface area contributed by atoms with E-state index in [9.17, 15) is 0 Å². The summed E-state index contributed by atoms with van der Waals surface area (Å²) in [6.07, 6.45) is 3.51. The molecule has 1 aliphatic rings. The highest BCUT2D eigenvalue weighted by molar-refractivity contribution is 7.99. The van der Waals surface area contributed by atoms with Crippen LogP contribution in [0.15, 0.2) is 29.5 Å². The van der Waals surface area contributed by atoms with E-state index in [0.29, 0.717) is 0 Å². The molecule has 2 heterocycles. The standard InChI is InChI=1S/C8H9N3S/c9-8-11-7(5-12-8)6-1-3-10-4-2-6/h1-5,8,12H,9H2. The Morgan fingerprint density at radius 2 is 2.08 bits per heavy atom. The van der Waals surface area contributed by atoms with E-state index in [1.165, 1.54) is 0 Å². The molecular weight excluding hydrogens is 170 g/mol. The van der Waals surface area contributed by atoms with E-state index in [4.69, 9.17) is 5.73 Å². The SMILES string of the molecule is NC1N=C(c2ccncc2)C=[SH]1. The molecule has 1 aliphatic heterocycles. The zero-order valence-corrected chi connectivity index (χ0v) is 7.28. The van der Waals surface area contributed by atoms with Gasteiger partial charge in [0.2, 0.25) is 0 Å². The Kier molecular flexibility index (Phi) is 2.01. The van der Waals surface area contributed by atoms with Crippen LogP contribution in [0.2, 0.25) is 0 Å². The Hall–Kier alpha value is -1.000. The Labute approximate surface area is 74.3 Å². The first-order valence-corrected chi connectivity index (χ1v) is 4.66. The summed E-state index contributed by atoms with van der Waals surface area (Å²) in [5.41, 5.74) is 7.61. The van der Waals surface area contributed by atoms with Gasteiger partial charge in [0.15, 0.2) is 0 Å². The second kappa shape index (κ2) is 3.16. The van der Waals surface area contributed by atoms with E-state index in [2.05, 4.69) is 9.98 Å². The summed E-state index contributed by atoms with van der Waals surface area (Å²) in [6.45, 7) is 0. The van der Waals surface area contributed by atoms with Crippen LogP contribution in [0.5, 0.6) is 0 Å². The van der Waals surface area contributed by atoms with Crippen LogP contribution >= 0.6 is 11.4 Å². The molecule has 3 nitrogen and oxygen atoms in total. The molecule has 4 heteroatoms. The Morgan fingerprint density at radius 3 is 2.67 bits per heavy atom. The first kappa shape index (κ1) is 7.64. The molecule has 0 aliphatic carbocycles. The fourth-order valence-electron chi connectivity index (χ4n) is 1.03. The third kappa shape index (κ3) is 1.44. The quantitative estimate of drug-likeness (QED) is 0.484. The fraction of sp³-hybridized carbons (Fsp3) is 0.125. The fourth-order valence-corrected chi connectivity index (χ4v) is 1.73. The number of thiol groups is 1. The van der Waals surface area contributed by atoms with E-state index in [1.54, 1.807) is 12.4 Å². The average molecular weight is 179 g/mol. The maximum Gasteiger partial charge on any atom is 0.137 e. The van der Waals surface area contributed by atoms with Gasteiger partial charge >= 0.3 is 0 Å². The van der Waals surface area contributed by atoms with Gasteiger partial charge in [0, 0.05) is 18.0 Å². The Bertz CT molecular complexity index is 331. The zero-order chi connectivity index (χ0) is 8.39. The molecule has 0 radical (unpaired) electrons. The highest BCUT2D eigenvalue weighted by Crippen LogP contribution is 2.09. The van der Waals surface area contributed by atoms with Crippen LogP contribution in [0.3, 0.4) is 0 Å². The molecule has 0 fully saturated rings. The van der Waals surface area contributed by atoms with Crippen molar-refractivity contribution >= 4 is 22.4 Å². The van der Waals surface area contributed by atoms with Gasteiger partial charge in [0.25, 0.3) is 0 Å². The van der Waals surface area contributed by atoms with Crippen LogP contribution in [0.25, 0.3) is 0 Å². The van der Waals surface area contributed by atoms with Crippen LogP contribution in [0.4, 0.5) is 0 Å². The van der Waals surface area contributed by atoms with Gasteiger partial charge < -0.3 is 5.73 Å². The average Bonchev–Trinajstić information content (AvgIpc) is 2.54. The summed E-state index contributed by atoms with van der Waals surface area (Å²) in [4.78, 5) is 8.19. The van der Waals surface area contributed by atoms with Crippen LogP contribution in [0.1, 0.15) is 5.56 Å². The molecule has 1 aromatic heterocycles. The Balaban J connectivity index is 2.34. The number of nitrogens with two attached hydrogens (primary N) is 1. The smallest absolute Gasteiger partial charge is 0.137 e. The number of hydrogen-bond acceptors (Lipinski definition) is 3. The molecule has 12 heavy (non-hydrogen) atoms. The monoisotopic (exact) mass is 179 g/mol. The van der Waals surface area contributed by atoms with Gasteiger partial charge in [-0.15, -0.1) is 0 Å². The molecule has 62 valence electrons. The van der Waals surface area contributed by atoms with E-state index in [-0.39, 0.29) is 5.50 Å². The minimum absolute atomic E-state index is 0.0758. The second-order valence-corrected chi connectivity index (χ2v) is 3.53. The molecule has 0 spiro atoms. The highest BCUT2D eigenvalue weighted by Gasteiger charge is 2.06.